The summed E-state index contributed by atoms with van der Waals surface area (Å²) < 4.78 is 0. The molecule has 0 aromatic heterocycles. The molecule has 2 heteroatoms. The summed E-state index contributed by atoms with van der Waals surface area (Å²) in [4.78, 5) is 2.62. The van der Waals surface area contributed by atoms with Crippen LogP contribution in [-0.4, -0.2) is 18.6 Å². The second-order valence-electron chi connectivity index (χ2n) is 6.93. The van der Waals surface area contributed by atoms with Gasteiger partial charge in [-0.2, -0.15) is 0 Å². The van der Waals surface area contributed by atoms with Crippen LogP contribution in [0, 0.1) is 0 Å². The van der Waals surface area contributed by atoms with Crippen molar-refractivity contribution < 1.29 is 0 Å². The molecule has 1 N–H and O–H groups in total. The Balaban J connectivity index is 2.36. The van der Waals surface area contributed by atoms with Crippen LogP contribution in [0.3, 0.4) is 0 Å². The number of fused-ring (bicyclic) bond motifs is 1. The lowest BCUT2D eigenvalue weighted by molar-refractivity contribution is 0.381. The van der Waals surface area contributed by atoms with E-state index in [0.717, 1.165) is 13.1 Å². The fraction of sp³-hybridized carbons (Fsp3) is 0.700. The van der Waals surface area contributed by atoms with Crippen molar-refractivity contribution in [3.63, 3.8) is 0 Å². The van der Waals surface area contributed by atoms with Crippen LogP contribution in [0.1, 0.15) is 71.8 Å². The third kappa shape index (κ3) is 3.77. The molecule has 0 fully saturated rings. The predicted molar refractivity (Wildman–Crippen MR) is 99.1 cm³/mol. The number of nitrogens with zero attached hydrogens (tertiary/aromatic N) is 1. The van der Waals surface area contributed by atoms with Gasteiger partial charge in [-0.3, -0.25) is 0 Å². The normalized spacial score (nSPS) is 16.3. The van der Waals surface area contributed by atoms with Gasteiger partial charge < -0.3 is 10.2 Å². The lowest BCUT2D eigenvalue weighted by Gasteiger charge is -2.46. The van der Waals surface area contributed by atoms with Gasteiger partial charge in [0.05, 0.1) is 16.9 Å². The van der Waals surface area contributed by atoms with E-state index in [4.69, 9.17) is 0 Å². The molecule has 0 spiro atoms. The van der Waals surface area contributed by atoms with Crippen LogP contribution < -0.4 is 10.2 Å². The van der Waals surface area contributed by atoms with Crippen LogP contribution in [0.5, 0.6) is 0 Å². The Labute approximate surface area is 137 Å². The molecule has 0 atom stereocenters. The Kier molecular flexibility index (Phi) is 6.16. The first-order valence-electron chi connectivity index (χ1n) is 9.34. The van der Waals surface area contributed by atoms with E-state index in [9.17, 15) is 0 Å². The molecule has 0 saturated carbocycles. The fourth-order valence-electron chi connectivity index (χ4n) is 4.01. The third-order valence-corrected chi connectivity index (χ3v) is 4.78. The minimum Gasteiger partial charge on any atom is -0.376 e. The Morgan fingerprint density at radius 2 is 1.73 bits per heavy atom. The van der Waals surface area contributed by atoms with Crippen LogP contribution in [0.2, 0.25) is 0 Å². The zero-order valence-electron chi connectivity index (χ0n) is 15.0. The van der Waals surface area contributed by atoms with E-state index in [0.29, 0.717) is 0 Å². The summed E-state index contributed by atoms with van der Waals surface area (Å²) in [6.07, 6.45) is 8.62. The molecular formula is C20H34N2. The van der Waals surface area contributed by atoms with Gasteiger partial charge in [0.1, 0.15) is 0 Å². The molecule has 124 valence electrons. The largest absolute Gasteiger partial charge is 0.376 e. The molecule has 1 aliphatic rings. The average molecular weight is 303 g/mol. The predicted octanol–water partition coefficient (Wildman–Crippen LogP) is 5.62. The number of anilines is 2. The van der Waals surface area contributed by atoms with Crippen molar-refractivity contribution >= 4 is 11.4 Å². The standard InChI is InChI=1S/C20H34N2/c1-5-9-17-10-11-19-18(15-17)21-20(12-6-2,13-7-3)16-22(19)14-8-4/h10-11,15,21H,5-9,12-14,16H2,1-4H3. The molecule has 0 unspecified atom stereocenters. The summed E-state index contributed by atoms with van der Waals surface area (Å²) in [6, 6.07) is 7.06. The van der Waals surface area contributed by atoms with E-state index in [1.54, 1.807) is 0 Å². The van der Waals surface area contributed by atoms with Crippen molar-refractivity contribution in [2.45, 2.75) is 78.2 Å². The lowest BCUT2D eigenvalue weighted by Crippen LogP contribution is -2.52. The van der Waals surface area contributed by atoms with E-state index < -0.39 is 0 Å². The molecular weight excluding hydrogens is 268 g/mol. The first-order valence-corrected chi connectivity index (χ1v) is 9.34. The number of hydrogen-bond acceptors (Lipinski definition) is 2. The third-order valence-electron chi connectivity index (χ3n) is 4.78. The molecule has 0 radical (unpaired) electrons. The van der Waals surface area contributed by atoms with E-state index >= 15 is 0 Å². The smallest absolute Gasteiger partial charge is 0.0603 e. The Hall–Kier alpha value is -1.18. The van der Waals surface area contributed by atoms with Crippen LogP contribution in [0.4, 0.5) is 11.4 Å². The van der Waals surface area contributed by atoms with E-state index in [2.05, 4.69) is 56.1 Å². The van der Waals surface area contributed by atoms with Crippen LogP contribution in [-0.2, 0) is 6.42 Å². The maximum absolute atomic E-state index is 3.96. The van der Waals surface area contributed by atoms with E-state index in [-0.39, 0.29) is 5.54 Å². The molecule has 1 heterocycles. The minimum absolute atomic E-state index is 0.260. The van der Waals surface area contributed by atoms with Gasteiger partial charge in [-0.15, -0.1) is 0 Å². The topological polar surface area (TPSA) is 15.3 Å². The summed E-state index contributed by atoms with van der Waals surface area (Å²) in [5, 5.41) is 3.96. The highest BCUT2D eigenvalue weighted by Crippen LogP contribution is 2.39. The highest BCUT2D eigenvalue weighted by molar-refractivity contribution is 5.74. The van der Waals surface area contributed by atoms with E-state index in [1.165, 1.54) is 61.9 Å². The maximum Gasteiger partial charge on any atom is 0.0603 e. The second kappa shape index (κ2) is 7.89. The van der Waals surface area contributed by atoms with Gasteiger partial charge in [-0.1, -0.05) is 53.0 Å². The Morgan fingerprint density at radius 1 is 1.00 bits per heavy atom. The van der Waals surface area contributed by atoms with Gasteiger partial charge in [0.25, 0.3) is 0 Å². The number of benzene rings is 1. The fourth-order valence-corrected chi connectivity index (χ4v) is 4.01. The number of rotatable bonds is 8. The molecule has 0 aliphatic carbocycles. The zero-order valence-corrected chi connectivity index (χ0v) is 15.0. The summed E-state index contributed by atoms with van der Waals surface area (Å²) in [5.74, 6) is 0. The molecule has 1 aromatic rings. The van der Waals surface area contributed by atoms with Gasteiger partial charge in [-0.25, -0.2) is 0 Å². The van der Waals surface area contributed by atoms with Gasteiger partial charge in [0, 0.05) is 13.1 Å². The molecule has 0 bridgehead atoms. The van der Waals surface area contributed by atoms with Crippen LogP contribution in [0.15, 0.2) is 18.2 Å². The molecule has 1 aliphatic heterocycles. The van der Waals surface area contributed by atoms with Gasteiger partial charge >= 0.3 is 0 Å². The minimum atomic E-state index is 0.260. The van der Waals surface area contributed by atoms with Gasteiger partial charge in [-0.05, 0) is 43.4 Å². The van der Waals surface area contributed by atoms with Crippen LogP contribution >= 0.6 is 0 Å². The number of hydrogen-bond donors (Lipinski definition) is 1. The summed E-state index contributed by atoms with van der Waals surface area (Å²) in [5.41, 5.74) is 4.50. The second-order valence-corrected chi connectivity index (χ2v) is 6.93. The SMILES string of the molecule is CCCc1ccc2c(c1)NC(CCC)(CCC)CN2CCC. The van der Waals surface area contributed by atoms with Crippen molar-refractivity contribution in [2.75, 3.05) is 23.3 Å². The maximum atomic E-state index is 3.96. The highest BCUT2D eigenvalue weighted by atomic mass is 15.2. The quantitative estimate of drug-likeness (QED) is 0.670. The number of aryl methyl sites for hydroxylation is 1. The lowest BCUT2D eigenvalue weighted by atomic mass is 9.85. The first kappa shape index (κ1) is 17.2. The number of nitrogens with one attached hydrogen (secondary N) is 1. The molecule has 2 nitrogen and oxygen atoms in total. The zero-order chi connectivity index (χ0) is 16.0. The summed E-state index contributed by atoms with van der Waals surface area (Å²) in [7, 11) is 0. The van der Waals surface area contributed by atoms with Crippen molar-refractivity contribution in [3.05, 3.63) is 23.8 Å². The van der Waals surface area contributed by atoms with Crippen LogP contribution in [0.25, 0.3) is 0 Å². The van der Waals surface area contributed by atoms with Crippen molar-refractivity contribution in [2.24, 2.45) is 0 Å². The van der Waals surface area contributed by atoms with E-state index in [1.807, 2.05) is 0 Å². The Morgan fingerprint density at radius 3 is 2.32 bits per heavy atom. The first-order chi connectivity index (χ1) is 10.7. The molecule has 1 aromatic carbocycles. The molecule has 2 rings (SSSR count). The molecule has 0 saturated heterocycles. The summed E-state index contributed by atoms with van der Waals surface area (Å²) >= 11 is 0. The van der Waals surface area contributed by atoms with Crippen molar-refractivity contribution in [1.29, 1.82) is 0 Å². The summed E-state index contributed by atoms with van der Waals surface area (Å²) in [6.45, 7) is 11.5. The monoisotopic (exact) mass is 302 g/mol. The van der Waals surface area contributed by atoms with Gasteiger partial charge in [0.2, 0.25) is 0 Å². The molecule has 0 amide bonds. The van der Waals surface area contributed by atoms with Crippen molar-refractivity contribution in [1.82, 2.24) is 0 Å². The Bertz CT molecular complexity index is 461. The average Bonchev–Trinajstić information content (AvgIpc) is 2.48. The molecule has 22 heavy (non-hydrogen) atoms. The highest BCUT2D eigenvalue weighted by Gasteiger charge is 2.35. The van der Waals surface area contributed by atoms with Crippen molar-refractivity contribution in [3.8, 4) is 0 Å². The van der Waals surface area contributed by atoms with Gasteiger partial charge in [0.15, 0.2) is 0 Å².